The summed E-state index contributed by atoms with van der Waals surface area (Å²) < 4.78 is 6.15. The van der Waals surface area contributed by atoms with Crippen LogP contribution in [0.4, 0.5) is 0 Å². The van der Waals surface area contributed by atoms with E-state index in [0.29, 0.717) is 5.88 Å². The molecule has 0 N–H and O–H groups in total. The minimum atomic E-state index is -0.423. The number of hydrogen-bond donors (Lipinski definition) is 0. The van der Waals surface area contributed by atoms with Crippen LogP contribution in [0, 0.1) is 5.21 Å². The summed E-state index contributed by atoms with van der Waals surface area (Å²) in [5, 5.41) is 11.4. The summed E-state index contributed by atoms with van der Waals surface area (Å²) in [6.45, 7) is 5.77. The Bertz CT molecular complexity index is 328. The van der Waals surface area contributed by atoms with E-state index < -0.39 is 5.54 Å². The summed E-state index contributed by atoms with van der Waals surface area (Å²) in [7, 11) is 0. The molecule has 0 saturated heterocycles. The number of pyridine rings is 1. The van der Waals surface area contributed by atoms with E-state index in [0.717, 1.165) is 4.74 Å². The molecule has 0 fully saturated rings. The summed E-state index contributed by atoms with van der Waals surface area (Å²) >= 11 is 0. The summed E-state index contributed by atoms with van der Waals surface area (Å²) in [5.41, 5.74) is -0.423. The lowest BCUT2D eigenvalue weighted by atomic mass is 10.1. The molecule has 1 rings (SSSR count). The van der Waals surface area contributed by atoms with E-state index >= 15 is 0 Å². The zero-order valence-electron chi connectivity index (χ0n) is 9.30. The third kappa shape index (κ3) is 3.97. The summed E-state index contributed by atoms with van der Waals surface area (Å²) in [5.74, 6) is 0.524. The van der Waals surface area contributed by atoms with Crippen molar-refractivity contribution in [3.63, 3.8) is 0 Å². The van der Waals surface area contributed by atoms with Crippen LogP contribution in [0.3, 0.4) is 0 Å². The second-order valence-corrected chi connectivity index (χ2v) is 4.16. The zero-order chi connectivity index (χ0) is 11.3. The Balaban J connectivity index is 2.46. The normalized spacial score (nSPS) is 12.6. The van der Waals surface area contributed by atoms with Gasteiger partial charge >= 0.3 is 0 Å². The van der Waals surface area contributed by atoms with Gasteiger partial charge in [0.15, 0.2) is 18.4 Å². The van der Waals surface area contributed by atoms with Crippen molar-refractivity contribution >= 4 is 6.21 Å². The summed E-state index contributed by atoms with van der Waals surface area (Å²) in [6, 6.07) is 5.40. The summed E-state index contributed by atoms with van der Waals surface area (Å²) in [6.07, 6.45) is 3.11. The van der Waals surface area contributed by atoms with E-state index in [-0.39, 0.29) is 6.61 Å². The van der Waals surface area contributed by atoms with Crippen LogP contribution in [0.25, 0.3) is 0 Å². The second kappa shape index (κ2) is 4.77. The van der Waals surface area contributed by atoms with Gasteiger partial charge in [-0.1, -0.05) is 6.07 Å². The van der Waals surface area contributed by atoms with Gasteiger partial charge in [-0.25, -0.2) is 9.72 Å². The Kier molecular flexibility index (Phi) is 3.66. The van der Waals surface area contributed by atoms with Crippen LogP contribution in [0.15, 0.2) is 24.4 Å². The highest BCUT2D eigenvalue weighted by atomic mass is 16.5. The topological polar surface area (TPSA) is 48.2 Å². The number of ether oxygens (including phenoxy) is 1. The predicted molar refractivity (Wildman–Crippen MR) is 59.2 cm³/mol. The van der Waals surface area contributed by atoms with Crippen molar-refractivity contribution < 1.29 is 9.48 Å². The van der Waals surface area contributed by atoms with Crippen molar-refractivity contribution in [1.82, 2.24) is 4.98 Å². The van der Waals surface area contributed by atoms with Gasteiger partial charge < -0.3 is 9.94 Å². The van der Waals surface area contributed by atoms with Crippen LogP contribution in [-0.2, 0) is 0 Å². The SMILES string of the molecule is CC(C)(C)/[N+]([O-])=C/COc1ccccn1. The van der Waals surface area contributed by atoms with E-state index in [1.807, 2.05) is 32.9 Å². The molecule has 0 aromatic carbocycles. The molecule has 4 heteroatoms. The Morgan fingerprint density at radius 2 is 2.20 bits per heavy atom. The molecule has 0 bridgehead atoms. The average molecular weight is 208 g/mol. The highest BCUT2D eigenvalue weighted by molar-refractivity contribution is 5.53. The van der Waals surface area contributed by atoms with Gasteiger partial charge in [-0.2, -0.15) is 0 Å². The second-order valence-electron chi connectivity index (χ2n) is 4.16. The van der Waals surface area contributed by atoms with Crippen molar-refractivity contribution in [1.29, 1.82) is 0 Å². The first-order valence-electron chi connectivity index (χ1n) is 4.84. The molecule has 15 heavy (non-hydrogen) atoms. The molecule has 0 aliphatic carbocycles. The summed E-state index contributed by atoms with van der Waals surface area (Å²) in [4.78, 5) is 3.97. The number of nitrogens with zero attached hydrogens (tertiary/aromatic N) is 2. The Morgan fingerprint density at radius 3 is 2.73 bits per heavy atom. The largest absolute Gasteiger partial charge is 0.624 e. The van der Waals surface area contributed by atoms with Crippen molar-refractivity contribution in [2.24, 2.45) is 0 Å². The van der Waals surface area contributed by atoms with E-state index in [9.17, 15) is 5.21 Å². The Labute approximate surface area is 89.8 Å². The third-order valence-corrected chi connectivity index (χ3v) is 1.77. The van der Waals surface area contributed by atoms with Crippen LogP contribution in [-0.4, -0.2) is 28.1 Å². The van der Waals surface area contributed by atoms with Gasteiger partial charge in [-0.05, 0) is 6.07 Å². The molecule has 0 amide bonds. The van der Waals surface area contributed by atoms with Crippen molar-refractivity contribution in [3.8, 4) is 5.88 Å². The smallest absolute Gasteiger partial charge is 0.213 e. The highest BCUT2D eigenvalue weighted by Gasteiger charge is 2.17. The van der Waals surface area contributed by atoms with E-state index in [2.05, 4.69) is 4.98 Å². The van der Waals surface area contributed by atoms with Gasteiger partial charge in [0.25, 0.3) is 0 Å². The van der Waals surface area contributed by atoms with Crippen molar-refractivity contribution in [2.75, 3.05) is 6.61 Å². The fraction of sp³-hybridized carbons (Fsp3) is 0.455. The van der Waals surface area contributed by atoms with Crippen molar-refractivity contribution in [3.05, 3.63) is 29.6 Å². The zero-order valence-corrected chi connectivity index (χ0v) is 9.30. The van der Waals surface area contributed by atoms with Crippen LogP contribution < -0.4 is 4.74 Å². The molecular formula is C11H16N2O2. The lowest BCUT2D eigenvalue weighted by Crippen LogP contribution is -2.30. The lowest BCUT2D eigenvalue weighted by molar-refractivity contribution is -0.532. The van der Waals surface area contributed by atoms with E-state index in [1.54, 1.807) is 12.3 Å². The maximum atomic E-state index is 11.4. The Morgan fingerprint density at radius 1 is 1.47 bits per heavy atom. The Hall–Kier alpha value is -1.58. The molecule has 4 nitrogen and oxygen atoms in total. The first-order chi connectivity index (χ1) is 7.00. The third-order valence-electron chi connectivity index (χ3n) is 1.77. The van der Waals surface area contributed by atoms with Gasteiger partial charge in [-0.3, -0.25) is 0 Å². The van der Waals surface area contributed by atoms with E-state index in [4.69, 9.17) is 4.74 Å². The van der Waals surface area contributed by atoms with E-state index in [1.165, 1.54) is 6.21 Å². The molecule has 1 heterocycles. The minimum absolute atomic E-state index is 0.234. The fourth-order valence-corrected chi connectivity index (χ4v) is 0.897. The van der Waals surface area contributed by atoms with Crippen LogP contribution in [0.5, 0.6) is 5.88 Å². The van der Waals surface area contributed by atoms with Gasteiger partial charge in [-0.15, -0.1) is 0 Å². The van der Waals surface area contributed by atoms with Crippen molar-refractivity contribution in [2.45, 2.75) is 26.3 Å². The molecule has 0 saturated carbocycles. The molecule has 0 spiro atoms. The maximum absolute atomic E-state index is 11.4. The molecule has 0 unspecified atom stereocenters. The predicted octanol–water partition coefficient (Wildman–Crippen LogP) is 1.84. The molecule has 0 aliphatic rings. The highest BCUT2D eigenvalue weighted by Crippen LogP contribution is 2.05. The van der Waals surface area contributed by atoms with Crippen LogP contribution in [0.2, 0.25) is 0 Å². The fourth-order valence-electron chi connectivity index (χ4n) is 0.897. The molecule has 82 valence electrons. The number of hydroxylamine groups is 1. The molecule has 0 atom stereocenters. The monoisotopic (exact) mass is 208 g/mol. The molecule has 0 radical (unpaired) electrons. The molecular weight excluding hydrogens is 192 g/mol. The van der Waals surface area contributed by atoms with Crippen LogP contribution in [0.1, 0.15) is 20.8 Å². The van der Waals surface area contributed by atoms with Crippen LogP contribution >= 0.6 is 0 Å². The minimum Gasteiger partial charge on any atom is -0.624 e. The van der Waals surface area contributed by atoms with Gasteiger partial charge in [0.1, 0.15) is 0 Å². The number of aromatic nitrogens is 1. The van der Waals surface area contributed by atoms with Gasteiger partial charge in [0.2, 0.25) is 5.88 Å². The van der Waals surface area contributed by atoms with Gasteiger partial charge in [0, 0.05) is 33.0 Å². The molecule has 1 aromatic rings. The maximum Gasteiger partial charge on any atom is 0.213 e. The average Bonchev–Trinajstić information content (AvgIpc) is 2.18. The first-order valence-corrected chi connectivity index (χ1v) is 4.84. The standard InChI is InChI=1S/C11H16N2O2/c1-11(2,3)13(14)8-9-15-10-6-4-5-7-12-10/h4-8H,9H2,1-3H3/b13-8-. The lowest BCUT2D eigenvalue weighted by Gasteiger charge is -2.18. The molecule has 1 aromatic heterocycles. The van der Waals surface area contributed by atoms with Gasteiger partial charge in [0.05, 0.1) is 0 Å². The molecule has 0 aliphatic heterocycles. The number of rotatable bonds is 3. The number of hydrogen-bond acceptors (Lipinski definition) is 3. The quantitative estimate of drug-likeness (QED) is 0.329. The first kappa shape index (κ1) is 11.5.